The van der Waals surface area contributed by atoms with Gasteiger partial charge in [0.2, 0.25) is 5.91 Å². The maximum Gasteiger partial charge on any atom is 0.251 e. The Morgan fingerprint density at radius 2 is 1.86 bits per heavy atom. The Kier molecular flexibility index (Phi) is 7.79. The van der Waals surface area contributed by atoms with E-state index in [4.69, 9.17) is 4.74 Å². The maximum absolute atomic E-state index is 13.8. The number of anilines is 1. The number of halogens is 1. The van der Waals surface area contributed by atoms with Gasteiger partial charge in [-0.2, -0.15) is 0 Å². The third-order valence-corrected chi connectivity index (χ3v) is 6.07. The van der Waals surface area contributed by atoms with E-state index in [-0.39, 0.29) is 29.9 Å². The second kappa shape index (κ2) is 11.3. The van der Waals surface area contributed by atoms with E-state index in [1.54, 1.807) is 72.6 Å². The molecule has 0 spiro atoms. The minimum atomic E-state index is -0.364. The Morgan fingerprint density at radius 3 is 2.69 bits per heavy atom. The summed E-state index contributed by atoms with van der Waals surface area (Å²) in [5.41, 5.74) is 2.15. The van der Waals surface area contributed by atoms with Gasteiger partial charge in [-0.15, -0.1) is 0 Å². The summed E-state index contributed by atoms with van der Waals surface area (Å²) in [5, 5.41) is 6.18. The van der Waals surface area contributed by atoms with Crippen LogP contribution in [0.1, 0.15) is 15.9 Å². The molecule has 0 saturated heterocycles. The van der Waals surface area contributed by atoms with Crippen LogP contribution in [-0.4, -0.2) is 34.2 Å². The summed E-state index contributed by atoms with van der Waals surface area (Å²) in [4.78, 5) is 29.5. The van der Waals surface area contributed by atoms with Crippen LogP contribution in [0.2, 0.25) is 0 Å². The van der Waals surface area contributed by atoms with Crippen molar-refractivity contribution in [3.05, 3.63) is 102 Å². The van der Waals surface area contributed by atoms with E-state index >= 15 is 0 Å². The molecular formula is C26H23FN4O3S. The molecule has 4 aromatic rings. The molecule has 178 valence electrons. The molecule has 9 heteroatoms. The predicted molar refractivity (Wildman–Crippen MR) is 133 cm³/mol. The number of methoxy groups -OCH3 is 1. The van der Waals surface area contributed by atoms with Crippen LogP contribution in [0.5, 0.6) is 5.75 Å². The van der Waals surface area contributed by atoms with E-state index in [0.29, 0.717) is 33.4 Å². The van der Waals surface area contributed by atoms with Crippen LogP contribution in [0.25, 0.3) is 5.69 Å². The first-order chi connectivity index (χ1) is 17.0. The second-order valence-electron chi connectivity index (χ2n) is 7.44. The van der Waals surface area contributed by atoms with Crippen LogP contribution < -0.4 is 15.4 Å². The first-order valence-corrected chi connectivity index (χ1v) is 11.7. The minimum absolute atomic E-state index is 0.0865. The van der Waals surface area contributed by atoms with Crippen LogP contribution in [0.15, 0.2) is 90.3 Å². The molecule has 0 aliphatic heterocycles. The van der Waals surface area contributed by atoms with Gasteiger partial charge in [-0.25, -0.2) is 9.37 Å². The summed E-state index contributed by atoms with van der Waals surface area (Å²) < 4.78 is 20.9. The highest BCUT2D eigenvalue weighted by atomic mass is 32.2. The molecule has 0 saturated carbocycles. The van der Waals surface area contributed by atoms with Gasteiger partial charge in [0.15, 0.2) is 5.16 Å². The van der Waals surface area contributed by atoms with Gasteiger partial charge in [0.25, 0.3) is 5.91 Å². The highest BCUT2D eigenvalue weighted by Gasteiger charge is 2.13. The number of rotatable bonds is 9. The molecule has 2 amide bonds. The number of hydrogen-bond acceptors (Lipinski definition) is 5. The molecule has 0 radical (unpaired) electrons. The van der Waals surface area contributed by atoms with Gasteiger partial charge in [0.1, 0.15) is 11.6 Å². The van der Waals surface area contributed by atoms with E-state index in [2.05, 4.69) is 15.6 Å². The number of thioether (sulfide) groups is 1. The summed E-state index contributed by atoms with van der Waals surface area (Å²) in [7, 11) is 1.55. The molecule has 3 aromatic carbocycles. The third-order valence-electron chi connectivity index (χ3n) is 5.10. The molecule has 1 heterocycles. The SMILES string of the molecule is COc1ccccc1NC(=O)CSc1nccn1-c1cccc(C(=O)NCc2ccccc2F)c1. The molecule has 2 N–H and O–H groups in total. The van der Waals surface area contributed by atoms with Gasteiger partial charge in [0, 0.05) is 35.8 Å². The number of nitrogens with one attached hydrogen (secondary N) is 2. The summed E-state index contributed by atoms with van der Waals surface area (Å²) in [6.07, 6.45) is 3.39. The molecular weight excluding hydrogens is 467 g/mol. The summed E-state index contributed by atoms with van der Waals surface area (Å²) >= 11 is 1.27. The first-order valence-electron chi connectivity index (χ1n) is 10.8. The van der Waals surface area contributed by atoms with Gasteiger partial charge in [-0.1, -0.05) is 48.2 Å². The number of carbonyl (C=O) groups is 2. The van der Waals surface area contributed by atoms with E-state index in [0.717, 1.165) is 0 Å². The lowest BCUT2D eigenvalue weighted by molar-refractivity contribution is -0.113. The Labute approximate surface area is 206 Å². The normalized spacial score (nSPS) is 10.6. The number of para-hydroxylation sites is 2. The van der Waals surface area contributed by atoms with Crippen LogP contribution in [0.3, 0.4) is 0 Å². The maximum atomic E-state index is 13.8. The lowest BCUT2D eigenvalue weighted by Crippen LogP contribution is -2.23. The fraction of sp³-hybridized carbons (Fsp3) is 0.115. The van der Waals surface area contributed by atoms with Crippen molar-refractivity contribution >= 4 is 29.3 Å². The fourth-order valence-corrected chi connectivity index (χ4v) is 4.15. The third kappa shape index (κ3) is 6.07. The van der Waals surface area contributed by atoms with Crippen molar-refractivity contribution < 1.29 is 18.7 Å². The van der Waals surface area contributed by atoms with Crippen molar-refractivity contribution in [2.24, 2.45) is 0 Å². The standard InChI is InChI=1S/C26H23FN4O3S/c1-34-23-12-5-4-11-22(23)30-24(32)17-35-26-28-13-14-31(26)20-9-6-8-18(15-20)25(33)29-16-19-7-2-3-10-21(19)27/h2-15H,16-17H2,1H3,(H,29,33)(H,30,32). The van der Waals surface area contributed by atoms with Crippen molar-refractivity contribution in [1.82, 2.24) is 14.9 Å². The van der Waals surface area contributed by atoms with Crippen LogP contribution in [0, 0.1) is 5.82 Å². The molecule has 0 bridgehead atoms. The van der Waals surface area contributed by atoms with Gasteiger partial charge in [-0.05, 0) is 36.4 Å². The number of nitrogens with zero attached hydrogens (tertiary/aromatic N) is 2. The Morgan fingerprint density at radius 1 is 1.06 bits per heavy atom. The zero-order chi connectivity index (χ0) is 24.6. The van der Waals surface area contributed by atoms with Crippen LogP contribution in [-0.2, 0) is 11.3 Å². The highest BCUT2D eigenvalue weighted by molar-refractivity contribution is 7.99. The molecule has 0 fully saturated rings. The number of carbonyl (C=O) groups excluding carboxylic acids is 2. The van der Waals surface area contributed by atoms with Gasteiger partial charge >= 0.3 is 0 Å². The monoisotopic (exact) mass is 490 g/mol. The molecule has 0 aliphatic carbocycles. The van der Waals surface area contributed by atoms with Gasteiger partial charge < -0.3 is 15.4 Å². The largest absolute Gasteiger partial charge is 0.495 e. The Bertz CT molecular complexity index is 1340. The van der Waals surface area contributed by atoms with E-state index < -0.39 is 0 Å². The zero-order valence-electron chi connectivity index (χ0n) is 18.9. The lowest BCUT2D eigenvalue weighted by atomic mass is 10.1. The van der Waals surface area contributed by atoms with Gasteiger partial charge in [-0.3, -0.25) is 14.2 Å². The average molecular weight is 491 g/mol. The molecule has 0 atom stereocenters. The van der Waals surface area contributed by atoms with Gasteiger partial charge in [0.05, 0.1) is 18.6 Å². The smallest absolute Gasteiger partial charge is 0.251 e. The van der Waals surface area contributed by atoms with Crippen molar-refractivity contribution in [2.75, 3.05) is 18.2 Å². The van der Waals surface area contributed by atoms with E-state index in [1.165, 1.54) is 17.8 Å². The topological polar surface area (TPSA) is 85.2 Å². The van der Waals surface area contributed by atoms with E-state index in [1.807, 2.05) is 18.2 Å². The number of aromatic nitrogens is 2. The molecule has 7 nitrogen and oxygen atoms in total. The Hall–Kier alpha value is -4.11. The average Bonchev–Trinajstić information content (AvgIpc) is 3.36. The molecule has 35 heavy (non-hydrogen) atoms. The van der Waals surface area contributed by atoms with Crippen molar-refractivity contribution in [3.8, 4) is 11.4 Å². The molecule has 0 unspecified atom stereocenters. The van der Waals surface area contributed by atoms with Crippen LogP contribution >= 0.6 is 11.8 Å². The first kappa shape index (κ1) is 24.0. The number of ether oxygens (including phenoxy) is 1. The Balaban J connectivity index is 1.40. The molecule has 4 rings (SSSR count). The quantitative estimate of drug-likeness (QED) is 0.333. The zero-order valence-corrected chi connectivity index (χ0v) is 19.7. The summed E-state index contributed by atoms with van der Waals surface area (Å²) in [6.45, 7) is 0.0865. The van der Waals surface area contributed by atoms with Crippen molar-refractivity contribution in [1.29, 1.82) is 0 Å². The van der Waals surface area contributed by atoms with Crippen LogP contribution in [0.4, 0.5) is 10.1 Å². The second-order valence-corrected chi connectivity index (χ2v) is 8.38. The lowest BCUT2D eigenvalue weighted by Gasteiger charge is -2.11. The van der Waals surface area contributed by atoms with Crippen molar-refractivity contribution in [3.63, 3.8) is 0 Å². The molecule has 1 aromatic heterocycles. The number of benzene rings is 3. The minimum Gasteiger partial charge on any atom is -0.495 e. The predicted octanol–water partition coefficient (Wildman–Crippen LogP) is 4.68. The number of hydrogen-bond donors (Lipinski definition) is 2. The highest BCUT2D eigenvalue weighted by Crippen LogP contribution is 2.25. The van der Waals surface area contributed by atoms with Crippen molar-refractivity contribution in [2.45, 2.75) is 11.7 Å². The molecule has 0 aliphatic rings. The van der Waals surface area contributed by atoms with E-state index in [9.17, 15) is 14.0 Å². The summed E-state index contributed by atoms with van der Waals surface area (Å²) in [5.74, 6) is -0.164. The summed E-state index contributed by atoms with van der Waals surface area (Å²) in [6, 6.07) is 20.5. The number of imidazole rings is 1. The number of amides is 2. The fourth-order valence-electron chi connectivity index (χ4n) is 3.37.